The zero-order chi connectivity index (χ0) is 39.1. The van der Waals surface area contributed by atoms with Crippen LogP contribution in [0.4, 0.5) is 33.9 Å². The summed E-state index contributed by atoms with van der Waals surface area (Å²) in [5.41, 5.74) is 6.49. The summed E-state index contributed by atoms with van der Waals surface area (Å²) < 4.78 is 16.4. The van der Waals surface area contributed by atoms with E-state index in [0.29, 0.717) is 70.1 Å². The van der Waals surface area contributed by atoms with Crippen molar-refractivity contribution in [2.75, 3.05) is 105 Å². The van der Waals surface area contributed by atoms with Gasteiger partial charge in [0.1, 0.15) is 17.3 Å². The first kappa shape index (κ1) is 37.9. The van der Waals surface area contributed by atoms with Gasteiger partial charge in [-0.25, -0.2) is 19.7 Å². The third-order valence-corrected chi connectivity index (χ3v) is 10.9. The highest BCUT2D eigenvalue weighted by Crippen LogP contribution is 2.36. The van der Waals surface area contributed by atoms with Crippen molar-refractivity contribution in [1.82, 2.24) is 24.8 Å². The van der Waals surface area contributed by atoms with E-state index in [1.54, 1.807) is 19.1 Å². The quantitative estimate of drug-likeness (QED) is 0.167. The van der Waals surface area contributed by atoms with E-state index in [1.807, 2.05) is 48.8 Å². The lowest BCUT2D eigenvalue weighted by Crippen LogP contribution is -2.46. The minimum atomic E-state index is -0.227. The summed E-state index contributed by atoms with van der Waals surface area (Å²) in [6, 6.07) is 24.0. The van der Waals surface area contributed by atoms with E-state index in [9.17, 15) is 4.79 Å². The van der Waals surface area contributed by atoms with Gasteiger partial charge in [0.15, 0.2) is 0 Å². The van der Waals surface area contributed by atoms with E-state index < -0.39 is 0 Å². The number of likely N-dealkylation sites (N-methyl/N-ethyl adjacent to an activating group) is 1. The Labute approximate surface area is 334 Å². The normalized spacial score (nSPS) is 15.7. The highest BCUT2D eigenvalue weighted by atomic mass is 16.5. The van der Waals surface area contributed by atoms with Gasteiger partial charge >= 0.3 is 6.03 Å². The molecule has 0 spiro atoms. The number of urea groups is 1. The summed E-state index contributed by atoms with van der Waals surface area (Å²) in [5, 5.41) is 3.12. The summed E-state index contributed by atoms with van der Waals surface area (Å²) in [5.74, 6) is 3.35. The van der Waals surface area contributed by atoms with Crippen molar-refractivity contribution in [3.63, 3.8) is 0 Å². The van der Waals surface area contributed by atoms with Crippen LogP contribution in [-0.2, 0) is 24.2 Å². The zero-order valence-corrected chi connectivity index (χ0v) is 32.9. The van der Waals surface area contributed by atoms with Crippen molar-refractivity contribution < 1.29 is 19.0 Å². The minimum absolute atomic E-state index is 0.227. The molecule has 5 aromatic rings. The summed E-state index contributed by atoms with van der Waals surface area (Å²) in [6.07, 6.45) is 4.26. The van der Waals surface area contributed by atoms with Gasteiger partial charge in [-0.1, -0.05) is 31.2 Å². The molecule has 14 nitrogen and oxygen atoms in total. The summed E-state index contributed by atoms with van der Waals surface area (Å²) in [4.78, 5) is 44.7. The highest BCUT2D eigenvalue weighted by molar-refractivity contribution is 6.03. The summed E-state index contributed by atoms with van der Waals surface area (Å²) >= 11 is 0. The number of nitrogens with zero attached hydrogens (tertiary/aromatic N) is 9. The smallest absolute Gasteiger partial charge is 0.327 e. The lowest BCUT2D eigenvalue weighted by molar-refractivity contribution is 0.122. The number of hydrogen-bond acceptors (Lipinski definition) is 12. The molecule has 296 valence electrons. The summed E-state index contributed by atoms with van der Waals surface area (Å²) in [7, 11) is 3.33. The van der Waals surface area contributed by atoms with E-state index in [-0.39, 0.29) is 6.03 Å². The first-order valence-corrected chi connectivity index (χ1v) is 19.7. The maximum Gasteiger partial charge on any atom is 0.327 e. The Morgan fingerprint density at radius 1 is 0.754 bits per heavy atom. The van der Waals surface area contributed by atoms with Crippen molar-refractivity contribution in [3.05, 3.63) is 102 Å². The van der Waals surface area contributed by atoms with Crippen LogP contribution in [-0.4, -0.2) is 111 Å². The van der Waals surface area contributed by atoms with E-state index >= 15 is 0 Å². The van der Waals surface area contributed by atoms with Crippen LogP contribution in [0.2, 0.25) is 0 Å². The van der Waals surface area contributed by atoms with Gasteiger partial charge < -0.3 is 39.1 Å². The molecule has 5 heterocycles. The molecular weight excluding hydrogens is 721 g/mol. The number of nitrogens with one attached hydrogen (secondary N) is 1. The second-order valence-electron chi connectivity index (χ2n) is 14.4. The second kappa shape index (κ2) is 17.4. The van der Waals surface area contributed by atoms with Crippen LogP contribution < -0.4 is 34.4 Å². The predicted molar refractivity (Wildman–Crippen MR) is 223 cm³/mol. The Hall–Kier alpha value is -5.99. The molecule has 0 atom stereocenters. The van der Waals surface area contributed by atoms with E-state index in [1.165, 1.54) is 5.69 Å². The third kappa shape index (κ3) is 8.71. The molecule has 2 amide bonds. The molecule has 8 rings (SSSR count). The Morgan fingerprint density at radius 2 is 1.37 bits per heavy atom. The van der Waals surface area contributed by atoms with Gasteiger partial charge in [-0.05, 0) is 72.6 Å². The Balaban J connectivity index is 1.05. The molecule has 0 radical (unpaired) electrons. The third-order valence-electron chi connectivity index (χ3n) is 10.9. The molecule has 2 aromatic heterocycles. The SMILES string of the molecule is CCN1CCN(c2ccc(NC(=O)N3CCc4c(-c5cnc(N(Cc6ccc(OC)cc6)Cc6ccc(OC)cc6)nc5)nc(N5CCOCC5)nc43)cc2)CC1. The lowest BCUT2D eigenvalue weighted by atomic mass is 10.1. The van der Waals surface area contributed by atoms with Gasteiger partial charge in [0, 0.05) is 93.8 Å². The number of carbonyl (C=O) groups excluding carboxylic acids is 1. The van der Waals surface area contributed by atoms with E-state index in [2.05, 4.69) is 68.2 Å². The average molecular weight is 771 g/mol. The van der Waals surface area contributed by atoms with Crippen LogP contribution >= 0.6 is 0 Å². The van der Waals surface area contributed by atoms with Crippen LogP contribution in [0, 0.1) is 0 Å². The largest absolute Gasteiger partial charge is 0.497 e. The average Bonchev–Trinajstić information content (AvgIpc) is 3.71. The van der Waals surface area contributed by atoms with Crippen molar-refractivity contribution in [1.29, 1.82) is 0 Å². The van der Waals surface area contributed by atoms with Crippen molar-refractivity contribution in [2.24, 2.45) is 0 Å². The standard InChI is InChI=1S/C43H50N10O4/c1-4-49-19-21-50(22-20-49)35-11-9-34(10-12-35)46-43(54)53-18-17-38-39(47-42(48-40(38)53)51-23-25-57-26-24-51)33-27-44-41(45-28-33)52(29-31-5-13-36(55-2)14-6-31)30-32-7-15-37(56-3)16-8-32/h5-16,27-28H,4,17-26,29-30H2,1-3H3,(H,46,54). The van der Waals surface area contributed by atoms with Gasteiger partial charge in [0.05, 0.1) is 33.1 Å². The fraction of sp³-hybridized carbons (Fsp3) is 0.372. The molecule has 3 aromatic carbocycles. The number of hydrogen-bond donors (Lipinski definition) is 1. The van der Waals surface area contributed by atoms with E-state index in [4.69, 9.17) is 34.1 Å². The van der Waals surface area contributed by atoms with Gasteiger partial charge in [-0.15, -0.1) is 0 Å². The number of carbonyl (C=O) groups is 1. The number of aromatic nitrogens is 4. The minimum Gasteiger partial charge on any atom is -0.497 e. The Kier molecular flexibility index (Phi) is 11.6. The molecule has 0 saturated carbocycles. The fourth-order valence-electron chi connectivity index (χ4n) is 7.56. The molecule has 2 fully saturated rings. The first-order valence-electron chi connectivity index (χ1n) is 19.7. The number of morpholine rings is 1. The van der Waals surface area contributed by atoms with Crippen LogP contribution in [0.1, 0.15) is 23.6 Å². The Morgan fingerprint density at radius 3 is 1.95 bits per heavy atom. The molecule has 1 N–H and O–H groups in total. The molecular formula is C43H50N10O4. The molecule has 0 bridgehead atoms. The van der Waals surface area contributed by atoms with Crippen molar-refractivity contribution in [2.45, 2.75) is 26.4 Å². The second-order valence-corrected chi connectivity index (χ2v) is 14.4. The van der Waals surface area contributed by atoms with Crippen LogP contribution in [0.15, 0.2) is 85.2 Å². The molecule has 0 aliphatic carbocycles. The first-order chi connectivity index (χ1) is 28.0. The number of fused-ring (bicyclic) bond motifs is 1. The molecule has 3 aliphatic rings. The van der Waals surface area contributed by atoms with Crippen molar-refractivity contribution >= 4 is 35.1 Å². The number of amides is 2. The molecule has 57 heavy (non-hydrogen) atoms. The van der Waals surface area contributed by atoms with Crippen LogP contribution in [0.3, 0.4) is 0 Å². The van der Waals surface area contributed by atoms with Crippen LogP contribution in [0.25, 0.3) is 11.3 Å². The molecule has 3 aliphatic heterocycles. The monoisotopic (exact) mass is 770 g/mol. The molecule has 14 heteroatoms. The maximum atomic E-state index is 13.9. The van der Waals surface area contributed by atoms with Crippen molar-refractivity contribution in [3.8, 4) is 22.8 Å². The van der Waals surface area contributed by atoms with Crippen LogP contribution in [0.5, 0.6) is 11.5 Å². The topological polar surface area (TPSA) is 125 Å². The molecule has 0 unspecified atom stereocenters. The number of benzene rings is 3. The number of methoxy groups -OCH3 is 2. The number of rotatable bonds is 12. The predicted octanol–water partition coefficient (Wildman–Crippen LogP) is 5.73. The van der Waals surface area contributed by atoms with Gasteiger partial charge in [0.2, 0.25) is 11.9 Å². The summed E-state index contributed by atoms with van der Waals surface area (Å²) in [6.45, 7) is 11.5. The van der Waals surface area contributed by atoms with Gasteiger partial charge in [-0.3, -0.25) is 4.90 Å². The number of ether oxygens (including phenoxy) is 3. The Bertz CT molecular complexity index is 2050. The fourth-order valence-corrected chi connectivity index (χ4v) is 7.56. The maximum absolute atomic E-state index is 13.9. The number of piperazine rings is 1. The van der Waals surface area contributed by atoms with E-state index in [0.717, 1.165) is 77.9 Å². The van der Waals surface area contributed by atoms with Gasteiger partial charge in [0.25, 0.3) is 0 Å². The van der Waals surface area contributed by atoms with Gasteiger partial charge in [-0.2, -0.15) is 4.98 Å². The zero-order valence-electron chi connectivity index (χ0n) is 32.9. The molecule has 2 saturated heterocycles. The highest BCUT2D eigenvalue weighted by Gasteiger charge is 2.32. The number of anilines is 5. The lowest BCUT2D eigenvalue weighted by Gasteiger charge is -2.35.